The molecule has 1 atom stereocenters. The molecular formula is C13H16N4OS2. The number of nitrogens with two attached hydrogens (primary N) is 1. The van der Waals surface area contributed by atoms with Crippen LogP contribution in [0.4, 0.5) is 5.13 Å². The molecule has 106 valence electrons. The Balaban J connectivity index is 1.75. The van der Waals surface area contributed by atoms with Gasteiger partial charge in [-0.25, -0.2) is 0 Å². The summed E-state index contributed by atoms with van der Waals surface area (Å²) in [7, 11) is 0. The molecule has 0 fully saturated rings. The largest absolute Gasteiger partial charge is 0.374 e. The lowest BCUT2D eigenvalue weighted by Gasteiger charge is -2.14. The highest BCUT2D eigenvalue weighted by Gasteiger charge is 2.22. The second kappa shape index (κ2) is 5.49. The third-order valence-electron chi connectivity index (χ3n) is 3.48. The normalized spacial score (nSPS) is 15.7. The molecule has 1 aliphatic carbocycles. The van der Waals surface area contributed by atoms with Crippen LogP contribution < -0.4 is 11.1 Å². The molecule has 20 heavy (non-hydrogen) atoms. The van der Waals surface area contributed by atoms with Crippen LogP contribution in [0.3, 0.4) is 0 Å². The summed E-state index contributed by atoms with van der Waals surface area (Å²) in [6.45, 7) is 1.90. The lowest BCUT2D eigenvalue weighted by atomic mass is 9.95. The van der Waals surface area contributed by atoms with Crippen LogP contribution in [-0.4, -0.2) is 16.1 Å². The Bertz CT molecular complexity index is 634. The fourth-order valence-electron chi connectivity index (χ4n) is 2.44. The van der Waals surface area contributed by atoms with Crippen molar-refractivity contribution >= 4 is 33.7 Å². The third-order valence-corrected chi connectivity index (χ3v) is 5.50. The highest BCUT2D eigenvalue weighted by molar-refractivity contribution is 7.15. The van der Waals surface area contributed by atoms with E-state index in [4.69, 9.17) is 5.73 Å². The van der Waals surface area contributed by atoms with Gasteiger partial charge in [-0.2, -0.15) is 0 Å². The molecule has 3 N–H and O–H groups in total. The molecule has 2 aromatic rings. The van der Waals surface area contributed by atoms with E-state index in [1.54, 1.807) is 11.3 Å². The number of carbonyl (C=O) groups is 1. The van der Waals surface area contributed by atoms with Gasteiger partial charge in [-0.1, -0.05) is 11.3 Å². The first-order chi connectivity index (χ1) is 9.65. The second-order valence-electron chi connectivity index (χ2n) is 4.93. The first-order valence-corrected chi connectivity index (χ1v) is 8.33. The smallest absolute Gasteiger partial charge is 0.252 e. The number of fused-ring (bicyclic) bond motifs is 1. The van der Waals surface area contributed by atoms with E-state index in [0.29, 0.717) is 5.13 Å². The monoisotopic (exact) mass is 308 g/mol. The number of nitrogen functional groups attached to an aromatic ring is 1. The van der Waals surface area contributed by atoms with Crippen LogP contribution in [-0.2, 0) is 12.8 Å². The highest BCUT2D eigenvalue weighted by atomic mass is 32.1. The Morgan fingerprint density at radius 1 is 1.40 bits per heavy atom. The highest BCUT2D eigenvalue weighted by Crippen LogP contribution is 2.30. The van der Waals surface area contributed by atoms with Gasteiger partial charge in [-0.3, -0.25) is 4.79 Å². The van der Waals surface area contributed by atoms with Crippen molar-refractivity contribution in [1.29, 1.82) is 0 Å². The molecule has 1 amide bonds. The maximum Gasteiger partial charge on any atom is 0.252 e. The van der Waals surface area contributed by atoms with Gasteiger partial charge in [0.05, 0.1) is 11.6 Å². The van der Waals surface area contributed by atoms with E-state index in [9.17, 15) is 4.79 Å². The maximum atomic E-state index is 12.4. The van der Waals surface area contributed by atoms with Gasteiger partial charge >= 0.3 is 0 Å². The van der Waals surface area contributed by atoms with Gasteiger partial charge in [0.25, 0.3) is 5.91 Å². The van der Waals surface area contributed by atoms with E-state index in [2.05, 4.69) is 15.5 Å². The zero-order chi connectivity index (χ0) is 14.1. The molecular weight excluding hydrogens is 292 g/mol. The number of thiophene rings is 1. The summed E-state index contributed by atoms with van der Waals surface area (Å²) in [5, 5.41) is 13.9. The molecule has 0 spiro atoms. The maximum absolute atomic E-state index is 12.4. The number of hydrogen-bond donors (Lipinski definition) is 2. The predicted molar refractivity (Wildman–Crippen MR) is 81.2 cm³/mol. The van der Waals surface area contributed by atoms with Crippen molar-refractivity contribution < 1.29 is 4.79 Å². The van der Waals surface area contributed by atoms with Crippen molar-refractivity contribution in [3.63, 3.8) is 0 Å². The summed E-state index contributed by atoms with van der Waals surface area (Å²) in [5.41, 5.74) is 7.63. The lowest BCUT2D eigenvalue weighted by molar-refractivity contribution is 0.0939. The fraction of sp³-hybridized carbons (Fsp3) is 0.462. The molecule has 0 saturated heterocycles. The molecule has 1 aliphatic rings. The van der Waals surface area contributed by atoms with Crippen LogP contribution in [0, 0.1) is 0 Å². The number of nitrogens with one attached hydrogen (secondary N) is 1. The Hall–Kier alpha value is -1.47. The molecule has 0 aliphatic heterocycles. The van der Waals surface area contributed by atoms with E-state index in [1.165, 1.54) is 34.6 Å². The molecule has 0 saturated carbocycles. The van der Waals surface area contributed by atoms with Gasteiger partial charge in [0.1, 0.15) is 5.01 Å². The van der Waals surface area contributed by atoms with Gasteiger partial charge in [0.2, 0.25) is 5.13 Å². The van der Waals surface area contributed by atoms with Crippen LogP contribution >= 0.6 is 22.7 Å². The topological polar surface area (TPSA) is 80.9 Å². The number of anilines is 1. The van der Waals surface area contributed by atoms with Gasteiger partial charge in [-0.15, -0.1) is 21.5 Å². The second-order valence-corrected chi connectivity index (χ2v) is 6.94. The minimum absolute atomic E-state index is 0.0225. The molecule has 0 aromatic carbocycles. The van der Waals surface area contributed by atoms with Crippen LogP contribution in [0.5, 0.6) is 0 Å². The van der Waals surface area contributed by atoms with E-state index in [1.807, 2.05) is 12.3 Å². The molecule has 0 bridgehead atoms. The first kappa shape index (κ1) is 13.5. The Labute approximate surface area is 125 Å². The van der Waals surface area contributed by atoms with E-state index >= 15 is 0 Å². The van der Waals surface area contributed by atoms with Gasteiger partial charge in [-0.05, 0) is 38.2 Å². The minimum atomic E-state index is -0.170. The summed E-state index contributed by atoms with van der Waals surface area (Å²) >= 11 is 3.01. The van der Waals surface area contributed by atoms with Crippen LogP contribution in [0.25, 0.3) is 0 Å². The standard InChI is InChI=1S/C13H16N4OS2/c1-7(12-16-17-13(14)20-12)15-11(18)9-6-19-10-5-3-2-4-8(9)10/h6-7H,2-5H2,1H3,(H2,14,17)(H,15,18)/t7-/m0/s1. The van der Waals surface area contributed by atoms with Crippen molar-refractivity contribution in [2.45, 2.75) is 38.6 Å². The predicted octanol–water partition coefficient (Wildman–Crippen LogP) is 2.55. The Morgan fingerprint density at radius 3 is 2.95 bits per heavy atom. The van der Waals surface area contributed by atoms with Crippen molar-refractivity contribution in [1.82, 2.24) is 15.5 Å². The summed E-state index contributed by atoms with van der Waals surface area (Å²) in [5.74, 6) is -0.0225. The fourth-order valence-corrected chi connectivity index (χ4v) is 4.18. The number of aromatic nitrogens is 2. The Kier molecular flexibility index (Phi) is 3.71. The first-order valence-electron chi connectivity index (χ1n) is 6.64. The van der Waals surface area contributed by atoms with E-state index in [-0.39, 0.29) is 11.9 Å². The zero-order valence-electron chi connectivity index (χ0n) is 11.2. The summed E-state index contributed by atoms with van der Waals surface area (Å²) < 4.78 is 0. The number of aryl methyl sites for hydroxylation is 1. The molecule has 0 radical (unpaired) electrons. The van der Waals surface area contributed by atoms with Gasteiger partial charge < -0.3 is 11.1 Å². The molecule has 3 rings (SSSR count). The van der Waals surface area contributed by atoms with Crippen LogP contribution in [0.2, 0.25) is 0 Å². The average molecular weight is 308 g/mol. The van der Waals surface area contributed by atoms with Crippen LogP contribution in [0.1, 0.15) is 51.6 Å². The SMILES string of the molecule is C[C@H](NC(=O)c1csc2c1CCCC2)c1nnc(N)s1. The summed E-state index contributed by atoms with van der Waals surface area (Å²) in [6.07, 6.45) is 4.53. The van der Waals surface area contributed by atoms with Crippen molar-refractivity contribution in [3.8, 4) is 0 Å². The summed E-state index contributed by atoms with van der Waals surface area (Å²) in [4.78, 5) is 13.8. The van der Waals surface area contributed by atoms with Gasteiger partial charge in [0.15, 0.2) is 0 Å². The van der Waals surface area contributed by atoms with Crippen molar-refractivity contribution in [2.24, 2.45) is 0 Å². The lowest BCUT2D eigenvalue weighted by Crippen LogP contribution is -2.27. The molecule has 5 nitrogen and oxygen atoms in total. The zero-order valence-corrected chi connectivity index (χ0v) is 12.8. The quantitative estimate of drug-likeness (QED) is 0.913. The summed E-state index contributed by atoms with van der Waals surface area (Å²) in [6, 6.07) is -0.170. The number of carbonyl (C=O) groups excluding carboxylic acids is 1. The molecule has 7 heteroatoms. The van der Waals surface area contributed by atoms with Crippen molar-refractivity contribution in [2.75, 3.05) is 5.73 Å². The molecule has 0 unspecified atom stereocenters. The number of amides is 1. The third kappa shape index (κ3) is 2.55. The number of nitrogens with zero attached hydrogens (tertiary/aromatic N) is 2. The van der Waals surface area contributed by atoms with E-state index in [0.717, 1.165) is 23.4 Å². The number of rotatable bonds is 3. The average Bonchev–Trinajstić information content (AvgIpc) is 3.04. The van der Waals surface area contributed by atoms with E-state index < -0.39 is 0 Å². The van der Waals surface area contributed by atoms with Crippen molar-refractivity contribution in [3.05, 3.63) is 26.4 Å². The van der Waals surface area contributed by atoms with Crippen LogP contribution in [0.15, 0.2) is 5.38 Å². The Morgan fingerprint density at radius 2 is 2.20 bits per heavy atom. The minimum Gasteiger partial charge on any atom is -0.374 e. The van der Waals surface area contributed by atoms with Gasteiger partial charge in [0, 0.05) is 10.3 Å². The number of hydrogen-bond acceptors (Lipinski definition) is 6. The molecule has 2 aromatic heterocycles. The molecule has 2 heterocycles.